The Balaban J connectivity index is 2.78. The molecule has 1 aromatic rings. The van der Waals surface area contributed by atoms with Crippen LogP contribution in [0.2, 0.25) is 0 Å². The molecule has 0 saturated heterocycles. The maximum atomic E-state index is 12.3. The van der Waals surface area contributed by atoms with Gasteiger partial charge in [0, 0.05) is 12.0 Å². The highest BCUT2D eigenvalue weighted by Crippen LogP contribution is 2.19. The van der Waals surface area contributed by atoms with Crippen molar-refractivity contribution in [2.45, 2.75) is 12.8 Å². The molecule has 0 atom stereocenters. The molecule has 0 fully saturated rings. The number of hydrogen-bond donors (Lipinski definition) is 0. The Bertz CT molecular complexity index is 332. The van der Waals surface area contributed by atoms with E-state index in [0.717, 1.165) is 6.29 Å². The summed E-state index contributed by atoms with van der Waals surface area (Å²) in [6.45, 7) is 0. The molecule has 0 radical (unpaired) electrons. The third-order valence-electron chi connectivity index (χ3n) is 1.71. The molecule has 0 heterocycles. The lowest BCUT2D eigenvalue weighted by Gasteiger charge is -1.99. The second kappa shape index (κ2) is 5.27. The van der Waals surface area contributed by atoms with Crippen LogP contribution in [0.15, 0.2) is 30.3 Å². The molecule has 0 bridgehead atoms. The van der Waals surface area contributed by atoms with Crippen LogP contribution < -0.4 is 0 Å². The minimum Gasteiger partial charge on any atom is -0.303 e. The van der Waals surface area contributed by atoms with E-state index in [1.54, 1.807) is 24.3 Å². The molecule has 0 unspecified atom stereocenters. The van der Waals surface area contributed by atoms with Crippen molar-refractivity contribution >= 4 is 12.4 Å². The Morgan fingerprint density at radius 1 is 1.36 bits per heavy atom. The van der Waals surface area contributed by atoms with Gasteiger partial charge in [-0.05, 0) is 11.6 Å². The van der Waals surface area contributed by atoms with Crippen molar-refractivity contribution in [2.24, 2.45) is 0 Å². The molecule has 74 valence electrons. The van der Waals surface area contributed by atoms with Crippen molar-refractivity contribution in [3.63, 3.8) is 0 Å². The van der Waals surface area contributed by atoms with Crippen molar-refractivity contribution in [2.75, 3.05) is 0 Å². The molecule has 1 aromatic carbocycles. The van der Waals surface area contributed by atoms with E-state index in [1.807, 2.05) is 0 Å². The number of carbonyl (C=O) groups is 1. The van der Waals surface area contributed by atoms with Crippen molar-refractivity contribution in [3.05, 3.63) is 41.5 Å². The van der Waals surface area contributed by atoms with Gasteiger partial charge in [0.2, 0.25) is 0 Å². The van der Waals surface area contributed by atoms with Crippen LogP contribution in [0, 0.1) is 0 Å². The quantitative estimate of drug-likeness (QED) is 0.675. The summed E-state index contributed by atoms with van der Waals surface area (Å²) >= 11 is 0. The molecule has 0 N–H and O–H groups in total. The first-order chi connectivity index (χ1) is 6.74. The lowest BCUT2D eigenvalue weighted by molar-refractivity contribution is -0.107. The van der Waals surface area contributed by atoms with E-state index < -0.39 is 6.43 Å². The summed E-state index contributed by atoms with van der Waals surface area (Å²) in [5.41, 5.74) is 0.683. The smallest absolute Gasteiger partial charge is 0.263 e. The van der Waals surface area contributed by atoms with Gasteiger partial charge in [-0.3, -0.25) is 0 Å². The maximum Gasteiger partial charge on any atom is 0.263 e. The fourth-order valence-corrected chi connectivity index (χ4v) is 1.06. The first-order valence-electron chi connectivity index (χ1n) is 4.22. The van der Waals surface area contributed by atoms with E-state index in [0.29, 0.717) is 12.0 Å². The lowest BCUT2D eigenvalue weighted by atomic mass is 10.1. The van der Waals surface area contributed by atoms with E-state index in [4.69, 9.17) is 0 Å². The second-order valence-corrected chi connectivity index (χ2v) is 2.78. The van der Waals surface area contributed by atoms with E-state index in [1.165, 1.54) is 12.1 Å². The summed E-state index contributed by atoms with van der Waals surface area (Å²) in [4.78, 5) is 10.00. The zero-order valence-corrected chi connectivity index (χ0v) is 7.49. The molecule has 0 aliphatic carbocycles. The number of carbonyl (C=O) groups excluding carboxylic acids is 1. The van der Waals surface area contributed by atoms with Crippen LogP contribution in [-0.4, -0.2) is 6.29 Å². The first-order valence-corrected chi connectivity index (χ1v) is 4.22. The normalized spacial score (nSPS) is 11.1. The number of rotatable bonds is 4. The van der Waals surface area contributed by atoms with Gasteiger partial charge in [-0.15, -0.1) is 0 Å². The molecule has 3 heteroatoms. The number of aldehydes is 1. The average molecular weight is 196 g/mol. The van der Waals surface area contributed by atoms with Crippen LogP contribution in [-0.2, 0) is 4.79 Å². The minimum atomic E-state index is -2.45. The van der Waals surface area contributed by atoms with E-state index in [9.17, 15) is 13.6 Å². The summed E-state index contributed by atoms with van der Waals surface area (Å²) < 4.78 is 24.5. The highest BCUT2D eigenvalue weighted by molar-refractivity contribution is 5.58. The summed E-state index contributed by atoms with van der Waals surface area (Å²) in [5, 5.41) is 0. The van der Waals surface area contributed by atoms with Crippen LogP contribution in [0.5, 0.6) is 0 Å². The zero-order valence-electron chi connectivity index (χ0n) is 7.49. The molecule has 0 aliphatic rings. The molecular formula is C11H10F2O. The van der Waals surface area contributed by atoms with Gasteiger partial charge in [0.25, 0.3) is 6.43 Å². The third-order valence-corrected chi connectivity index (χ3v) is 1.71. The van der Waals surface area contributed by atoms with Crippen molar-refractivity contribution in [3.8, 4) is 0 Å². The van der Waals surface area contributed by atoms with Crippen LogP contribution in [0.1, 0.15) is 24.0 Å². The summed E-state index contributed by atoms with van der Waals surface area (Å²) in [5.74, 6) is 0. The first kappa shape index (κ1) is 10.6. The van der Waals surface area contributed by atoms with Gasteiger partial charge < -0.3 is 4.79 Å². The minimum absolute atomic E-state index is 0.00162. The van der Waals surface area contributed by atoms with Crippen LogP contribution in [0.3, 0.4) is 0 Å². The summed E-state index contributed by atoms with van der Waals surface area (Å²) in [6.07, 6.45) is 1.90. The van der Waals surface area contributed by atoms with Gasteiger partial charge in [0.05, 0.1) is 0 Å². The second-order valence-electron chi connectivity index (χ2n) is 2.78. The van der Waals surface area contributed by atoms with Crippen molar-refractivity contribution in [1.29, 1.82) is 0 Å². The molecule has 0 saturated carbocycles. The molecule has 14 heavy (non-hydrogen) atoms. The zero-order chi connectivity index (χ0) is 10.4. The fourth-order valence-electron chi connectivity index (χ4n) is 1.06. The van der Waals surface area contributed by atoms with Gasteiger partial charge in [0.1, 0.15) is 6.29 Å². The predicted molar refractivity (Wildman–Crippen MR) is 51.1 cm³/mol. The van der Waals surface area contributed by atoms with Gasteiger partial charge in [0.15, 0.2) is 0 Å². The van der Waals surface area contributed by atoms with Crippen LogP contribution >= 0.6 is 0 Å². The fraction of sp³-hybridized carbons (Fsp3) is 0.182. The lowest BCUT2D eigenvalue weighted by Crippen LogP contribution is -1.83. The standard InChI is InChI=1S/C11H10F2O/c12-11(13)10-6-3-5-9(8-10)4-1-2-7-14/h1,3-8,11H,2H2. The molecule has 0 aromatic heterocycles. The van der Waals surface area contributed by atoms with Crippen molar-refractivity contribution in [1.82, 2.24) is 0 Å². The van der Waals surface area contributed by atoms with Gasteiger partial charge in [-0.1, -0.05) is 30.4 Å². The molecule has 1 rings (SSSR count). The van der Waals surface area contributed by atoms with Crippen LogP contribution in [0.4, 0.5) is 8.78 Å². The third kappa shape index (κ3) is 3.09. The Morgan fingerprint density at radius 3 is 2.79 bits per heavy atom. The number of allylic oxidation sites excluding steroid dienone is 1. The van der Waals surface area contributed by atoms with Crippen molar-refractivity contribution < 1.29 is 13.6 Å². The van der Waals surface area contributed by atoms with Gasteiger partial charge >= 0.3 is 0 Å². The van der Waals surface area contributed by atoms with Gasteiger partial charge in [-0.2, -0.15) is 0 Å². The SMILES string of the molecule is O=CCC=Cc1cccc(C(F)F)c1. The number of hydrogen-bond acceptors (Lipinski definition) is 1. The van der Waals surface area contributed by atoms with Gasteiger partial charge in [-0.25, -0.2) is 8.78 Å². The number of halogens is 2. The topological polar surface area (TPSA) is 17.1 Å². The average Bonchev–Trinajstić information content (AvgIpc) is 2.19. The van der Waals surface area contributed by atoms with E-state index in [-0.39, 0.29) is 5.56 Å². The Labute approximate surface area is 81.1 Å². The summed E-state index contributed by atoms with van der Waals surface area (Å²) in [7, 11) is 0. The molecule has 0 aliphatic heterocycles. The molecule has 0 spiro atoms. The Morgan fingerprint density at radius 2 is 2.14 bits per heavy atom. The predicted octanol–water partition coefficient (Wildman–Crippen LogP) is 3.23. The van der Waals surface area contributed by atoms with E-state index in [2.05, 4.69) is 0 Å². The molecule has 1 nitrogen and oxygen atoms in total. The number of benzene rings is 1. The molecular weight excluding hydrogens is 186 g/mol. The maximum absolute atomic E-state index is 12.3. The van der Waals surface area contributed by atoms with Crippen LogP contribution in [0.25, 0.3) is 6.08 Å². The largest absolute Gasteiger partial charge is 0.303 e. The summed E-state index contributed by atoms with van der Waals surface area (Å²) in [6, 6.07) is 6.07. The Kier molecular flexibility index (Phi) is 3.98. The molecule has 0 amide bonds. The highest BCUT2D eigenvalue weighted by Gasteiger charge is 2.05. The highest BCUT2D eigenvalue weighted by atomic mass is 19.3. The monoisotopic (exact) mass is 196 g/mol. The Hall–Kier alpha value is -1.51. The van der Waals surface area contributed by atoms with E-state index >= 15 is 0 Å². The number of alkyl halides is 2.